The number of allylic oxidation sites excluding steroid dienone is 1. The van der Waals surface area contributed by atoms with Gasteiger partial charge in [0.2, 0.25) is 0 Å². The standard InChI is InChI=1S/C21H22O4/c1-14-15(2)21(3,25-19-10-6-17(23)7-11-19)13-12-20(14)24-18-8-4-16(22)5-9-18/h4-13,15,22-23H,1-3H3. The normalized spacial score (nSPS) is 22.8. The van der Waals surface area contributed by atoms with Crippen molar-refractivity contribution >= 4 is 0 Å². The maximum Gasteiger partial charge on any atom is 0.131 e. The number of benzene rings is 2. The van der Waals surface area contributed by atoms with Crippen molar-refractivity contribution in [1.29, 1.82) is 0 Å². The summed E-state index contributed by atoms with van der Waals surface area (Å²) in [6.45, 7) is 6.16. The smallest absolute Gasteiger partial charge is 0.131 e. The van der Waals surface area contributed by atoms with E-state index in [1.807, 2.05) is 26.0 Å². The number of phenols is 2. The molecule has 0 bridgehead atoms. The van der Waals surface area contributed by atoms with E-state index < -0.39 is 5.60 Å². The van der Waals surface area contributed by atoms with E-state index >= 15 is 0 Å². The molecule has 25 heavy (non-hydrogen) atoms. The Morgan fingerprint density at radius 3 is 1.96 bits per heavy atom. The number of hydrogen-bond acceptors (Lipinski definition) is 4. The minimum absolute atomic E-state index is 0.0958. The number of aromatic hydroxyl groups is 2. The third-order valence-corrected chi connectivity index (χ3v) is 4.70. The minimum Gasteiger partial charge on any atom is -0.508 e. The molecule has 2 N–H and O–H groups in total. The van der Waals surface area contributed by atoms with E-state index in [9.17, 15) is 10.2 Å². The fourth-order valence-electron chi connectivity index (χ4n) is 2.81. The van der Waals surface area contributed by atoms with Gasteiger partial charge in [0, 0.05) is 5.92 Å². The van der Waals surface area contributed by atoms with Crippen LogP contribution < -0.4 is 9.47 Å². The summed E-state index contributed by atoms with van der Waals surface area (Å²) in [7, 11) is 0. The molecule has 2 atom stereocenters. The first-order valence-electron chi connectivity index (χ1n) is 8.22. The van der Waals surface area contributed by atoms with Crippen LogP contribution >= 0.6 is 0 Å². The molecule has 0 fully saturated rings. The maximum atomic E-state index is 9.40. The molecule has 0 heterocycles. The first-order chi connectivity index (χ1) is 11.9. The van der Waals surface area contributed by atoms with Crippen LogP contribution in [-0.2, 0) is 0 Å². The van der Waals surface area contributed by atoms with E-state index in [2.05, 4.69) is 6.92 Å². The van der Waals surface area contributed by atoms with Gasteiger partial charge in [-0.1, -0.05) is 6.92 Å². The lowest BCUT2D eigenvalue weighted by Gasteiger charge is -2.37. The lowest BCUT2D eigenvalue weighted by atomic mass is 9.80. The van der Waals surface area contributed by atoms with Gasteiger partial charge in [0.15, 0.2) is 0 Å². The average Bonchev–Trinajstić information content (AvgIpc) is 2.60. The zero-order valence-corrected chi connectivity index (χ0v) is 14.6. The maximum absolute atomic E-state index is 9.40. The molecule has 1 aliphatic carbocycles. The van der Waals surface area contributed by atoms with Gasteiger partial charge in [0.1, 0.15) is 34.4 Å². The van der Waals surface area contributed by atoms with Crippen LogP contribution in [0.15, 0.2) is 72.0 Å². The summed E-state index contributed by atoms with van der Waals surface area (Å²) in [4.78, 5) is 0. The molecule has 0 saturated carbocycles. The Labute approximate surface area is 147 Å². The molecule has 130 valence electrons. The molecule has 0 spiro atoms. The van der Waals surface area contributed by atoms with Gasteiger partial charge in [-0.05, 0) is 80.1 Å². The van der Waals surface area contributed by atoms with Crippen LogP contribution in [0, 0.1) is 5.92 Å². The van der Waals surface area contributed by atoms with Gasteiger partial charge < -0.3 is 19.7 Å². The third kappa shape index (κ3) is 3.63. The lowest BCUT2D eigenvalue weighted by Crippen LogP contribution is -2.40. The summed E-state index contributed by atoms with van der Waals surface area (Å²) in [5.74, 6) is 2.67. The molecule has 2 aromatic carbocycles. The van der Waals surface area contributed by atoms with Crippen LogP contribution in [0.25, 0.3) is 0 Å². The average molecular weight is 338 g/mol. The van der Waals surface area contributed by atoms with Crippen molar-refractivity contribution in [3.05, 3.63) is 72.0 Å². The van der Waals surface area contributed by atoms with Crippen molar-refractivity contribution in [2.24, 2.45) is 5.92 Å². The van der Waals surface area contributed by atoms with Gasteiger partial charge in [-0.3, -0.25) is 0 Å². The fraction of sp³-hybridized carbons (Fsp3) is 0.238. The van der Waals surface area contributed by atoms with Crippen molar-refractivity contribution in [3.63, 3.8) is 0 Å². The molecule has 3 rings (SSSR count). The van der Waals surface area contributed by atoms with Crippen LogP contribution in [0.1, 0.15) is 20.8 Å². The Morgan fingerprint density at radius 1 is 0.880 bits per heavy atom. The number of hydrogen-bond donors (Lipinski definition) is 2. The van der Waals surface area contributed by atoms with Crippen molar-refractivity contribution in [3.8, 4) is 23.0 Å². The molecule has 4 heteroatoms. The van der Waals surface area contributed by atoms with Crippen LogP contribution in [0.3, 0.4) is 0 Å². The zero-order valence-electron chi connectivity index (χ0n) is 14.6. The van der Waals surface area contributed by atoms with E-state index in [1.165, 1.54) is 0 Å². The topological polar surface area (TPSA) is 58.9 Å². The molecule has 1 aliphatic rings. The first-order valence-corrected chi connectivity index (χ1v) is 8.22. The largest absolute Gasteiger partial charge is 0.508 e. The highest BCUT2D eigenvalue weighted by molar-refractivity contribution is 5.39. The van der Waals surface area contributed by atoms with Crippen molar-refractivity contribution < 1.29 is 19.7 Å². The Morgan fingerprint density at radius 2 is 1.40 bits per heavy atom. The van der Waals surface area contributed by atoms with E-state index in [-0.39, 0.29) is 17.4 Å². The second-order valence-corrected chi connectivity index (χ2v) is 6.48. The number of phenolic OH excluding ortho intramolecular Hbond substituents is 2. The highest BCUT2D eigenvalue weighted by atomic mass is 16.5. The Kier molecular flexibility index (Phi) is 4.45. The quantitative estimate of drug-likeness (QED) is 0.841. The predicted molar refractivity (Wildman–Crippen MR) is 96.9 cm³/mol. The van der Waals surface area contributed by atoms with Crippen LogP contribution in [0.2, 0.25) is 0 Å². The SMILES string of the molecule is CC1=C(Oc2ccc(O)cc2)C=CC(C)(Oc2ccc(O)cc2)C1C. The van der Waals surface area contributed by atoms with Crippen LogP contribution in [0.4, 0.5) is 0 Å². The molecule has 0 aromatic heterocycles. The summed E-state index contributed by atoms with van der Waals surface area (Å²) in [6, 6.07) is 13.4. The zero-order chi connectivity index (χ0) is 18.0. The molecule has 4 nitrogen and oxygen atoms in total. The fourth-order valence-corrected chi connectivity index (χ4v) is 2.81. The van der Waals surface area contributed by atoms with E-state index in [0.29, 0.717) is 11.5 Å². The van der Waals surface area contributed by atoms with Gasteiger partial charge >= 0.3 is 0 Å². The summed E-state index contributed by atoms with van der Waals surface area (Å²) >= 11 is 0. The highest BCUT2D eigenvalue weighted by Crippen LogP contribution is 2.37. The summed E-state index contributed by atoms with van der Waals surface area (Å²) in [5.41, 5.74) is 0.569. The molecule has 2 unspecified atom stereocenters. The monoisotopic (exact) mass is 338 g/mol. The Hall–Kier alpha value is -2.88. The van der Waals surface area contributed by atoms with Gasteiger partial charge in [0.05, 0.1) is 0 Å². The van der Waals surface area contributed by atoms with Gasteiger partial charge in [-0.2, -0.15) is 0 Å². The molecule has 0 aliphatic heterocycles. The van der Waals surface area contributed by atoms with E-state index in [0.717, 1.165) is 11.3 Å². The molecular weight excluding hydrogens is 316 g/mol. The second kappa shape index (κ2) is 6.55. The van der Waals surface area contributed by atoms with Crippen molar-refractivity contribution in [1.82, 2.24) is 0 Å². The summed E-state index contributed by atoms with van der Waals surface area (Å²) in [6.07, 6.45) is 3.91. The van der Waals surface area contributed by atoms with Gasteiger partial charge in [-0.25, -0.2) is 0 Å². The predicted octanol–water partition coefficient (Wildman–Crippen LogP) is 4.79. The van der Waals surface area contributed by atoms with Crippen molar-refractivity contribution in [2.45, 2.75) is 26.4 Å². The second-order valence-electron chi connectivity index (χ2n) is 6.48. The first kappa shape index (κ1) is 17.0. The molecule has 0 saturated heterocycles. The lowest BCUT2D eigenvalue weighted by molar-refractivity contribution is 0.0922. The number of ether oxygens (including phenoxy) is 2. The molecule has 0 radical (unpaired) electrons. The summed E-state index contributed by atoms with van der Waals surface area (Å²) in [5, 5.41) is 18.8. The van der Waals surface area contributed by atoms with E-state index in [1.54, 1.807) is 48.5 Å². The van der Waals surface area contributed by atoms with Crippen LogP contribution in [0.5, 0.6) is 23.0 Å². The summed E-state index contributed by atoms with van der Waals surface area (Å²) < 4.78 is 12.1. The molecule has 2 aromatic rings. The Bertz CT molecular complexity index is 803. The van der Waals surface area contributed by atoms with Gasteiger partial charge in [0.25, 0.3) is 0 Å². The van der Waals surface area contributed by atoms with Gasteiger partial charge in [-0.15, -0.1) is 0 Å². The molecule has 0 amide bonds. The Balaban J connectivity index is 1.78. The van der Waals surface area contributed by atoms with Crippen molar-refractivity contribution in [2.75, 3.05) is 0 Å². The highest BCUT2D eigenvalue weighted by Gasteiger charge is 2.36. The van der Waals surface area contributed by atoms with Crippen LogP contribution in [-0.4, -0.2) is 15.8 Å². The van der Waals surface area contributed by atoms with E-state index in [4.69, 9.17) is 9.47 Å². The molecular formula is C21H22O4. The number of rotatable bonds is 4. The minimum atomic E-state index is -0.511. The third-order valence-electron chi connectivity index (χ3n) is 4.70.